The number of ether oxygens (including phenoxy) is 6. The second-order valence-electron chi connectivity index (χ2n) is 26.8. The van der Waals surface area contributed by atoms with Crippen LogP contribution in [0.15, 0.2) is 18.2 Å². The van der Waals surface area contributed by atoms with Crippen molar-refractivity contribution in [3.8, 4) is 11.5 Å². The van der Waals surface area contributed by atoms with Crippen LogP contribution in [0.1, 0.15) is 171 Å². The highest BCUT2D eigenvalue weighted by atomic mass is 16.5. The van der Waals surface area contributed by atoms with Gasteiger partial charge in [-0.2, -0.15) is 0 Å². The van der Waals surface area contributed by atoms with Crippen LogP contribution in [-0.2, 0) is 47.9 Å². The third-order valence-electron chi connectivity index (χ3n) is 18.4. The number of nitrogens with two attached hydrogens (primary N) is 1. The van der Waals surface area contributed by atoms with Crippen LogP contribution in [-0.4, -0.2) is 177 Å². The highest BCUT2D eigenvalue weighted by Crippen LogP contribution is 2.45. The molecule has 1 fully saturated rings. The number of pyridine rings is 1. The number of amides is 2. The molecule has 18 nitrogen and oxygen atoms in total. The number of benzene rings is 2. The zero-order chi connectivity index (χ0) is 63.5. The van der Waals surface area contributed by atoms with Gasteiger partial charge in [0.15, 0.2) is 5.82 Å². The summed E-state index contributed by atoms with van der Waals surface area (Å²) in [4.78, 5) is 39.3. The molecule has 0 unspecified atom stereocenters. The Hall–Kier alpha value is -4.66. The van der Waals surface area contributed by atoms with Crippen LogP contribution in [0.3, 0.4) is 0 Å². The number of nitrogen functional groups attached to an aromatic ring is 1. The number of aliphatic hydroxyl groups is 2. The molecule has 4 heterocycles. The number of anilines is 1. The summed E-state index contributed by atoms with van der Waals surface area (Å²) < 4.78 is 38.0. The molecule has 6 rings (SSSR count). The lowest BCUT2D eigenvalue weighted by Crippen LogP contribution is -2.46. The van der Waals surface area contributed by atoms with Gasteiger partial charge in [-0.15, -0.1) is 0 Å². The van der Waals surface area contributed by atoms with Gasteiger partial charge >= 0.3 is 0 Å². The Morgan fingerprint density at radius 1 is 0.705 bits per heavy atom. The quantitative estimate of drug-likeness (QED) is 0.0260. The first-order valence-electron chi connectivity index (χ1n) is 33.8. The summed E-state index contributed by atoms with van der Waals surface area (Å²) in [6.07, 6.45) is 17.9. The van der Waals surface area contributed by atoms with E-state index in [2.05, 4.69) is 94.0 Å². The van der Waals surface area contributed by atoms with E-state index in [0.717, 1.165) is 146 Å². The molecule has 2 aromatic carbocycles. The van der Waals surface area contributed by atoms with Crippen LogP contribution in [0.25, 0.3) is 21.9 Å². The van der Waals surface area contributed by atoms with Gasteiger partial charge in [0.2, 0.25) is 11.8 Å². The normalized spacial score (nSPS) is 16.6. The van der Waals surface area contributed by atoms with Crippen LogP contribution in [0.4, 0.5) is 5.82 Å². The Balaban J connectivity index is 0.695. The van der Waals surface area contributed by atoms with E-state index in [-0.39, 0.29) is 37.0 Å². The fourth-order valence-corrected chi connectivity index (χ4v) is 12.5. The molecule has 0 spiro atoms. The molecule has 2 aliphatic rings. The van der Waals surface area contributed by atoms with Crippen molar-refractivity contribution < 1.29 is 48.2 Å². The first kappa shape index (κ1) is 72.4. The molecule has 4 aromatic rings. The van der Waals surface area contributed by atoms with Gasteiger partial charge in [0, 0.05) is 88.2 Å². The minimum atomic E-state index is -0.690. The number of imidazole rings is 1. The van der Waals surface area contributed by atoms with Crippen LogP contribution in [0, 0.1) is 50.9 Å². The van der Waals surface area contributed by atoms with Crippen molar-refractivity contribution in [3.63, 3.8) is 0 Å². The van der Waals surface area contributed by atoms with E-state index in [1.807, 2.05) is 18.4 Å². The Morgan fingerprint density at radius 2 is 1.30 bits per heavy atom. The van der Waals surface area contributed by atoms with Gasteiger partial charge in [-0.05, 0) is 139 Å². The fraction of sp³-hybridized carbons (Fsp3) is 0.743. The van der Waals surface area contributed by atoms with Gasteiger partial charge in [0.1, 0.15) is 28.4 Å². The summed E-state index contributed by atoms with van der Waals surface area (Å²) in [5.74, 6) is 5.45. The molecule has 0 saturated carbocycles. The molecule has 2 aromatic heterocycles. The molecule has 496 valence electrons. The Bertz CT molecular complexity index is 2720. The topological polar surface area (TPSA) is 217 Å². The predicted molar refractivity (Wildman–Crippen MR) is 354 cm³/mol. The SMILES string of the molecule is Cc1c(C)c2c(c(C)c1OCCCC(=O)NCCOCCOCCC(=O)NCCOCCOCCCN1CCN(CCCc3ccc4c(c3)nc(N)c3nc(C)n(CC(C)(CO)CO)c34)CC1)CC[C@@](C)(CCC[C@H](C)CCC[C@H](C)CCCC(C)C)O2. The first-order chi connectivity index (χ1) is 42.3. The minimum absolute atomic E-state index is 0.0246. The molecule has 1 saturated heterocycles. The van der Waals surface area contributed by atoms with E-state index in [1.165, 1.54) is 62.5 Å². The molecule has 3 atom stereocenters. The summed E-state index contributed by atoms with van der Waals surface area (Å²) in [5.41, 5.74) is 13.9. The number of aryl methyl sites for hydroxylation is 2. The van der Waals surface area contributed by atoms with Crippen LogP contribution in [0.5, 0.6) is 11.5 Å². The maximum absolute atomic E-state index is 12.6. The van der Waals surface area contributed by atoms with Crippen LogP contribution >= 0.6 is 0 Å². The van der Waals surface area contributed by atoms with Crippen molar-refractivity contribution in [1.82, 2.24) is 35.0 Å². The Kier molecular flexibility index (Phi) is 31.0. The summed E-state index contributed by atoms with van der Waals surface area (Å²) in [6, 6.07) is 6.41. The van der Waals surface area contributed by atoms with E-state index in [4.69, 9.17) is 44.1 Å². The molecule has 0 radical (unpaired) electrons. The standard InChI is InChI=1S/C70H116N8O10/c1-51(2)17-11-18-52(3)19-12-20-53(4)21-13-28-70(10)29-26-59-56(7)66(54(5)55(6)67(59)88-70)87-39-15-23-62(81)72-30-41-86-46-44-84-40-27-63(82)73-31-42-85-45-43-83-38-16-33-77-36-34-76(35-37-77)32-14-22-58-24-25-60-61(47-58)75-68(71)64-65(60)78(57(8)74-64)48-69(9,49-79)50-80/h24-25,47,51-53,79-80H,11-23,26-46,48-50H2,1-10H3,(H2,71,75)(H,72,81)(H,73,82)/t52-,53-,70-/m1/s1. The van der Waals surface area contributed by atoms with E-state index < -0.39 is 5.41 Å². The van der Waals surface area contributed by atoms with E-state index in [9.17, 15) is 19.8 Å². The molecule has 18 heteroatoms. The zero-order valence-corrected chi connectivity index (χ0v) is 56.1. The average Bonchev–Trinajstić information content (AvgIpc) is 1.57. The number of nitrogens with zero attached hydrogens (tertiary/aromatic N) is 5. The first-order valence-corrected chi connectivity index (χ1v) is 33.8. The molecule has 88 heavy (non-hydrogen) atoms. The highest BCUT2D eigenvalue weighted by Gasteiger charge is 2.35. The molecule has 0 bridgehead atoms. The minimum Gasteiger partial charge on any atom is -0.493 e. The zero-order valence-electron chi connectivity index (χ0n) is 56.1. The second-order valence-corrected chi connectivity index (χ2v) is 26.8. The largest absolute Gasteiger partial charge is 0.493 e. The number of carbonyl (C=O) groups is 2. The molecule has 0 aliphatic carbocycles. The summed E-state index contributed by atoms with van der Waals surface area (Å²) >= 11 is 0. The van der Waals surface area contributed by atoms with Crippen molar-refractivity contribution in [1.29, 1.82) is 0 Å². The van der Waals surface area contributed by atoms with Crippen LogP contribution in [0.2, 0.25) is 0 Å². The van der Waals surface area contributed by atoms with Gasteiger partial charge in [-0.1, -0.05) is 91.7 Å². The highest BCUT2D eigenvalue weighted by molar-refractivity contribution is 6.06. The lowest BCUT2D eigenvalue weighted by Gasteiger charge is -2.38. The van der Waals surface area contributed by atoms with E-state index >= 15 is 0 Å². The maximum atomic E-state index is 12.6. The second kappa shape index (κ2) is 37.6. The molecular formula is C70H116N8O10. The summed E-state index contributed by atoms with van der Waals surface area (Å²) in [5, 5.41) is 26.7. The molecule has 6 N–H and O–H groups in total. The number of piperazine rings is 1. The number of carbonyl (C=O) groups excluding carboxylic acids is 2. The predicted octanol–water partition coefficient (Wildman–Crippen LogP) is 10.4. The monoisotopic (exact) mass is 1230 g/mol. The number of aromatic nitrogens is 3. The van der Waals surface area contributed by atoms with Crippen LogP contribution < -0.4 is 25.8 Å². The van der Waals surface area contributed by atoms with Crippen molar-refractivity contribution >= 4 is 39.6 Å². The van der Waals surface area contributed by atoms with Gasteiger partial charge in [0.25, 0.3) is 0 Å². The number of fused-ring (bicyclic) bond motifs is 4. The molecule has 2 amide bonds. The number of aliphatic hydroxyl groups excluding tert-OH is 2. The Labute approximate surface area is 528 Å². The summed E-state index contributed by atoms with van der Waals surface area (Å²) in [7, 11) is 0. The lowest BCUT2D eigenvalue weighted by molar-refractivity contribution is -0.122. The average molecular weight is 1230 g/mol. The van der Waals surface area contributed by atoms with Gasteiger partial charge in [-0.25, -0.2) is 9.97 Å². The van der Waals surface area contributed by atoms with Crippen molar-refractivity contribution in [2.24, 2.45) is 23.2 Å². The number of hydrogen-bond donors (Lipinski definition) is 5. The molecule has 2 aliphatic heterocycles. The van der Waals surface area contributed by atoms with E-state index in [1.54, 1.807) is 0 Å². The van der Waals surface area contributed by atoms with Gasteiger partial charge < -0.3 is 69.4 Å². The van der Waals surface area contributed by atoms with E-state index in [0.29, 0.717) is 103 Å². The third-order valence-corrected chi connectivity index (χ3v) is 18.4. The van der Waals surface area contributed by atoms with Crippen molar-refractivity contribution in [2.45, 2.75) is 191 Å². The van der Waals surface area contributed by atoms with Gasteiger partial charge in [-0.3, -0.25) is 9.59 Å². The molecular weight excluding hydrogens is 1110 g/mol. The number of nitrogens with one attached hydrogen (secondary N) is 2. The number of hydrogen-bond acceptors (Lipinski definition) is 15. The smallest absolute Gasteiger partial charge is 0.222 e. The van der Waals surface area contributed by atoms with Crippen molar-refractivity contribution in [3.05, 3.63) is 51.8 Å². The lowest BCUT2D eigenvalue weighted by atomic mass is 9.83. The Morgan fingerprint density at radius 3 is 1.93 bits per heavy atom. The third kappa shape index (κ3) is 23.5. The van der Waals surface area contributed by atoms with Gasteiger partial charge in [0.05, 0.1) is 77.1 Å². The maximum Gasteiger partial charge on any atom is 0.222 e. The fourth-order valence-electron chi connectivity index (χ4n) is 12.5. The number of rotatable bonds is 44. The summed E-state index contributed by atoms with van der Waals surface area (Å²) in [6.45, 7) is 33.3. The van der Waals surface area contributed by atoms with Crippen molar-refractivity contribution in [2.75, 3.05) is 131 Å².